The van der Waals surface area contributed by atoms with Gasteiger partial charge in [0, 0.05) is 22.9 Å². The first kappa shape index (κ1) is 16.5. The average molecular weight is 346 g/mol. The molecule has 1 aromatic carbocycles. The van der Waals surface area contributed by atoms with Gasteiger partial charge >= 0.3 is 5.97 Å². The summed E-state index contributed by atoms with van der Waals surface area (Å²) < 4.78 is 4.82. The van der Waals surface area contributed by atoms with Crippen molar-refractivity contribution >= 4 is 29.1 Å². The predicted octanol–water partition coefficient (Wildman–Crippen LogP) is 2.41. The highest BCUT2D eigenvalue weighted by atomic mass is 35.5. The monoisotopic (exact) mass is 345 g/mol. The van der Waals surface area contributed by atoms with Gasteiger partial charge < -0.3 is 9.64 Å². The molecule has 0 spiro atoms. The molecule has 1 aromatic rings. The molecule has 0 amide bonds. The SMILES string of the molecule is COC(=O)[C@@H]1CC2C(=O)C=CC1N2/C=C/C(=O)c1ccc(Cl)cc1. The van der Waals surface area contributed by atoms with Gasteiger partial charge in [-0.2, -0.15) is 0 Å². The minimum Gasteiger partial charge on any atom is -0.469 e. The van der Waals surface area contributed by atoms with Crippen LogP contribution in [0.15, 0.2) is 48.7 Å². The first-order chi connectivity index (χ1) is 11.5. The summed E-state index contributed by atoms with van der Waals surface area (Å²) in [6.07, 6.45) is 6.60. The second-order valence-electron chi connectivity index (χ2n) is 5.77. The van der Waals surface area contributed by atoms with E-state index in [4.69, 9.17) is 16.3 Å². The summed E-state index contributed by atoms with van der Waals surface area (Å²) in [6.45, 7) is 0. The van der Waals surface area contributed by atoms with Crippen LogP contribution in [-0.4, -0.2) is 41.6 Å². The fraction of sp³-hybridized carbons (Fsp3) is 0.278. The summed E-state index contributed by atoms with van der Waals surface area (Å²) >= 11 is 5.81. The molecule has 0 saturated carbocycles. The van der Waals surface area contributed by atoms with Crippen LogP contribution in [0.3, 0.4) is 0 Å². The highest BCUT2D eigenvalue weighted by Crippen LogP contribution is 2.35. The molecule has 2 heterocycles. The number of halogens is 1. The number of fused-ring (bicyclic) bond motifs is 2. The van der Waals surface area contributed by atoms with Gasteiger partial charge in [0.2, 0.25) is 0 Å². The van der Waals surface area contributed by atoms with Gasteiger partial charge in [-0.15, -0.1) is 0 Å². The maximum Gasteiger partial charge on any atom is 0.311 e. The number of ketones is 2. The van der Waals surface area contributed by atoms with E-state index < -0.39 is 12.0 Å². The molecule has 2 aliphatic rings. The number of carbonyl (C=O) groups is 3. The molecule has 0 N–H and O–H groups in total. The summed E-state index contributed by atoms with van der Waals surface area (Å²) in [5.74, 6) is -1.01. The highest BCUT2D eigenvalue weighted by molar-refractivity contribution is 6.30. The molecule has 2 unspecified atom stereocenters. The molecule has 1 saturated heterocycles. The lowest BCUT2D eigenvalue weighted by molar-refractivity contribution is -0.145. The molecule has 0 aromatic heterocycles. The van der Waals surface area contributed by atoms with E-state index in [2.05, 4.69) is 0 Å². The van der Waals surface area contributed by atoms with E-state index in [1.807, 2.05) is 0 Å². The lowest BCUT2D eigenvalue weighted by Gasteiger charge is -2.29. The van der Waals surface area contributed by atoms with Crippen molar-refractivity contribution in [2.45, 2.75) is 18.5 Å². The number of allylic oxidation sites excluding steroid dienone is 1. The van der Waals surface area contributed by atoms with Crippen LogP contribution >= 0.6 is 11.6 Å². The highest BCUT2D eigenvalue weighted by Gasteiger charge is 2.47. The van der Waals surface area contributed by atoms with Gasteiger partial charge in [-0.1, -0.05) is 17.7 Å². The summed E-state index contributed by atoms with van der Waals surface area (Å²) in [5.41, 5.74) is 0.506. The normalized spacial score (nSPS) is 25.3. The minimum atomic E-state index is -0.432. The van der Waals surface area contributed by atoms with Crippen molar-refractivity contribution in [1.29, 1.82) is 0 Å². The van der Waals surface area contributed by atoms with E-state index in [9.17, 15) is 14.4 Å². The first-order valence-corrected chi connectivity index (χ1v) is 7.94. The van der Waals surface area contributed by atoms with Crippen LogP contribution < -0.4 is 0 Å². The van der Waals surface area contributed by atoms with Crippen LogP contribution in [0.4, 0.5) is 0 Å². The lowest BCUT2D eigenvalue weighted by Crippen LogP contribution is -2.40. The number of hydrogen-bond acceptors (Lipinski definition) is 5. The van der Waals surface area contributed by atoms with Gasteiger partial charge in [-0.3, -0.25) is 14.4 Å². The van der Waals surface area contributed by atoms with Crippen LogP contribution in [-0.2, 0) is 14.3 Å². The Labute approximate surface area is 144 Å². The number of benzene rings is 1. The summed E-state index contributed by atoms with van der Waals surface area (Å²) in [4.78, 5) is 38.0. The third-order valence-corrected chi connectivity index (χ3v) is 4.66. The smallest absolute Gasteiger partial charge is 0.311 e. The first-order valence-electron chi connectivity index (χ1n) is 7.56. The number of hydrogen-bond donors (Lipinski definition) is 0. The second-order valence-corrected chi connectivity index (χ2v) is 6.20. The van der Waals surface area contributed by atoms with Crippen LogP contribution in [0.5, 0.6) is 0 Å². The van der Waals surface area contributed by atoms with E-state index >= 15 is 0 Å². The Balaban J connectivity index is 1.80. The van der Waals surface area contributed by atoms with Crippen LogP contribution in [0.2, 0.25) is 5.02 Å². The minimum absolute atomic E-state index is 0.0683. The molecule has 0 aliphatic carbocycles. The van der Waals surface area contributed by atoms with E-state index in [1.54, 1.807) is 41.4 Å². The summed E-state index contributed by atoms with van der Waals surface area (Å²) in [6, 6.07) is 5.87. The number of ether oxygens (including phenoxy) is 1. The Morgan fingerprint density at radius 3 is 2.67 bits per heavy atom. The van der Waals surface area contributed by atoms with E-state index in [0.29, 0.717) is 17.0 Å². The molecule has 3 rings (SSSR count). The van der Waals surface area contributed by atoms with Gasteiger partial charge in [-0.05, 0) is 36.8 Å². The number of methoxy groups -OCH3 is 1. The van der Waals surface area contributed by atoms with Gasteiger partial charge in [0.15, 0.2) is 11.6 Å². The van der Waals surface area contributed by atoms with Crippen molar-refractivity contribution in [2.75, 3.05) is 7.11 Å². The van der Waals surface area contributed by atoms with Crippen LogP contribution in [0.25, 0.3) is 0 Å². The molecule has 6 heteroatoms. The van der Waals surface area contributed by atoms with E-state index in [0.717, 1.165) is 0 Å². The van der Waals surface area contributed by atoms with Gasteiger partial charge in [0.1, 0.15) is 0 Å². The Morgan fingerprint density at radius 1 is 1.29 bits per heavy atom. The molecule has 2 bridgehead atoms. The Kier molecular flexibility index (Phi) is 4.53. The maximum atomic E-state index is 12.2. The van der Waals surface area contributed by atoms with E-state index in [1.165, 1.54) is 19.3 Å². The van der Waals surface area contributed by atoms with Crippen molar-refractivity contribution in [1.82, 2.24) is 4.90 Å². The Morgan fingerprint density at radius 2 is 2.00 bits per heavy atom. The fourth-order valence-electron chi connectivity index (χ4n) is 3.17. The van der Waals surface area contributed by atoms with Gasteiger partial charge in [-0.25, -0.2) is 0 Å². The zero-order valence-electron chi connectivity index (χ0n) is 13.0. The fourth-order valence-corrected chi connectivity index (χ4v) is 3.30. The topological polar surface area (TPSA) is 63.7 Å². The quantitative estimate of drug-likeness (QED) is 0.476. The number of carbonyl (C=O) groups excluding carboxylic acids is 3. The molecule has 124 valence electrons. The number of rotatable bonds is 4. The Bertz CT molecular complexity index is 738. The molecular formula is C18H16ClNO4. The van der Waals surface area contributed by atoms with E-state index in [-0.39, 0.29) is 23.6 Å². The molecule has 1 fully saturated rings. The predicted molar refractivity (Wildman–Crippen MR) is 88.6 cm³/mol. The zero-order valence-corrected chi connectivity index (χ0v) is 13.8. The summed E-state index contributed by atoms with van der Waals surface area (Å²) in [5, 5.41) is 0.557. The van der Waals surface area contributed by atoms with Crippen molar-refractivity contribution in [3.63, 3.8) is 0 Å². The third kappa shape index (κ3) is 2.99. The maximum absolute atomic E-state index is 12.2. The van der Waals surface area contributed by atoms with Crippen LogP contribution in [0.1, 0.15) is 16.8 Å². The molecule has 24 heavy (non-hydrogen) atoms. The number of nitrogens with zero attached hydrogens (tertiary/aromatic N) is 1. The standard InChI is InChI=1S/C18H16ClNO4/c1-24-18(23)13-10-15-17(22)7-6-14(13)20(15)9-8-16(21)11-2-4-12(19)5-3-11/h2-9,13-15H,10H2,1H3/b9-8+/t13-,14?,15?/m1/s1. The number of esters is 1. The van der Waals surface area contributed by atoms with Crippen molar-refractivity contribution in [3.05, 3.63) is 59.3 Å². The zero-order chi connectivity index (χ0) is 17.3. The Hall–Kier alpha value is -2.40. The summed E-state index contributed by atoms with van der Waals surface area (Å²) in [7, 11) is 1.33. The van der Waals surface area contributed by atoms with Crippen molar-refractivity contribution < 1.29 is 19.1 Å². The van der Waals surface area contributed by atoms with Gasteiger partial charge in [0.25, 0.3) is 0 Å². The van der Waals surface area contributed by atoms with Gasteiger partial charge in [0.05, 0.1) is 25.1 Å². The second kappa shape index (κ2) is 6.61. The molecule has 2 aliphatic heterocycles. The third-order valence-electron chi connectivity index (χ3n) is 4.41. The molecule has 0 radical (unpaired) electrons. The lowest BCUT2D eigenvalue weighted by atomic mass is 10.0. The van der Waals surface area contributed by atoms with Crippen molar-refractivity contribution in [3.8, 4) is 0 Å². The van der Waals surface area contributed by atoms with Crippen molar-refractivity contribution in [2.24, 2.45) is 5.92 Å². The molecule has 3 atom stereocenters. The molecule has 5 nitrogen and oxygen atoms in total. The largest absolute Gasteiger partial charge is 0.469 e. The van der Waals surface area contributed by atoms with Crippen LogP contribution in [0, 0.1) is 5.92 Å². The molecular weight excluding hydrogens is 330 g/mol. The average Bonchev–Trinajstić information content (AvgIpc) is 2.86.